The smallest absolute Gasteiger partial charge is 0.324 e. The molecule has 27 heavy (non-hydrogen) atoms. The zero-order chi connectivity index (χ0) is 19.4. The highest BCUT2D eigenvalue weighted by atomic mass is 19.4. The van der Waals surface area contributed by atoms with Crippen LogP contribution < -0.4 is 10.6 Å². The second-order valence-electron chi connectivity index (χ2n) is 5.76. The summed E-state index contributed by atoms with van der Waals surface area (Å²) < 4.78 is 38.4. The largest absolute Gasteiger partial charge is 0.416 e. The molecule has 0 aliphatic heterocycles. The van der Waals surface area contributed by atoms with Gasteiger partial charge in [0.15, 0.2) is 0 Å². The molecular weight excluding hydrogens is 357 g/mol. The minimum atomic E-state index is -4.47. The van der Waals surface area contributed by atoms with Crippen LogP contribution in [-0.2, 0) is 6.18 Å². The molecule has 0 saturated heterocycles. The minimum absolute atomic E-state index is 0.0660. The summed E-state index contributed by atoms with van der Waals surface area (Å²) in [5, 5.41) is 5.49. The number of benzene rings is 2. The quantitative estimate of drug-likeness (QED) is 0.690. The monoisotopic (exact) mass is 372 g/mol. The van der Waals surface area contributed by atoms with Crippen molar-refractivity contribution < 1.29 is 18.0 Å². The van der Waals surface area contributed by atoms with Gasteiger partial charge in [0.25, 0.3) is 5.91 Å². The highest BCUT2D eigenvalue weighted by Gasteiger charge is 2.30. The molecule has 0 aliphatic rings. The highest BCUT2D eigenvalue weighted by Crippen LogP contribution is 2.30. The van der Waals surface area contributed by atoms with Gasteiger partial charge in [0.2, 0.25) is 5.95 Å². The fourth-order valence-corrected chi connectivity index (χ4v) is 2.36. The Bertz CT molecular complexity index is 959. The van der Waals surface area contributed by atoms with Gasteiger partial charge < -0.3 is 10.6 Å². The van der Waals surface area contributed by atoms with Crippen LogP contribution in [0.4, 0.5) is 30.5 Å². The molecule has 5 nitrogen and oxygen atoms in total. The molecule has 1 amide bonds. The molecule has 0 aliphatic carbocycles. The van der Waals surface area contributed by atoms with Crippen molar-refractivity contribution in [3.63, 3.8) is 0 Å². The maximum Gasteiger partial charge on any atom is 0.416 e. The Balaban J connectivity index is 1.80. The molecule has 0 bridgehead atoms. The van der Waals surface area contributed by atoms with Crippen molar-refractivity contribution in [3.8, 4) is 0 Å². The van der Waals surface area contributed by atoms with Crippen molar-refractivity contribution in [3.05, 3.63) is 77.6 Å². The summed E-state index contributed by atoms with van der Waals surface area (Å²) >= 11 is 0. The number of nitrogens with zero attached hydrogens (tertiary/aromatic N) is 2. The van der Waals surface area contributed by atoms with E-state index in [2.05, 4.69) is 20.6 Å². The van der Waals surface area contributed by atoms with Gasteiger partial charge in [0, 0.05) is 29.3 Å². The van der Waals surface area contributed by atoms with Crippen molar-refractivity contribution in [1.29, 1.82) is 0 Å². The van der Waals surface area contributed by atoms with Gasteiger partial charge in [-0.25, -0.2) is 9.97 Å². The number of nitrogens with one attached hydrogen (secondary N) is 2. The molecule has 3 rings (SSSR count). The number of hydrogen-bond acceptors (Lipinski definition) is 4. The molecule has 3 aromatic rings. The van der Waals surface area contributed by atoms with Gasteiger partial charge in [-0.3, -0.25) is 4.79 Å². The van der Waals surface area contributed by atoms with Gasteiger partial charge in [0.1, 0.15) is 0 Å². The molecule has 8 heteroatoms. The molecule has 0 unspecified atom stereocenters. The summed E-state index contributed by atoms with van der Waals surface area (Å²) in [5.41, 5.74) is 1.01. The molecule has 0 radical (unpaired) electrons. The van der Waals surface area contributed by atoms with Crippen LogP contribution in [0.2, 0.25) is 0 Å². The number of rotatable bonds is 4. The summed E-state index contributed by atoms with van der Waals surface area (Å²) in [4.78, 5) is 20.6. The predicted molar refractivity (Wildman–Crippen MR) is 95.9 cm³/mol. The zero-order valence-electron chi connectivity index (χ0n) is 14.2. The third kappa shape index (κ3) is 4.60. The lowest BCUT2D eigenvalue weighted by Gasteiger charge is -2.12. The van der Waals surface area contributed by atoms with E-state index in [9.17, 15) is 18.0 Å². The summed E-state index contributed by atoms with van der Waals surface area (Å²) in [6, 6.07) is 11.1. The van der Waals surface area contributed by atoms with Crippen molar-refractivity contribution in [2.45, 2.75) is 13.1 Å². The number of carbonyl (C=O) groups is 1. The summed E-state index contributed by atoms with van der Waals surface area (Å²) in [6.45, 7) is 1.85. The van der Waals surface area contributed by atoms with E-state index in [-0.39, 0.29) is 11.3 Å². The third-order valence-electron chi connectivity index (χ3n) is 3.76. The average molecular weight is 372 g/mol. The first kappa shape index (κ1) is 18.4. The van der Waals surface area contributed by atoms with E-state index in [4.69, 9.17) is 0 Å². The summed E-state index contributed by atoms with van der Waals surface area (Å²) in [6.07, 6.45) is -1.32. The average Bonchev–Trinajstić information content (AvgIpc) is 2.64. The van der Waals surface area contributed by atoms with Crippen LogP contribution in [0.25, 0.3) is 0 Å². The fraction of sp³-hybridized carbons (Fsp3) is 0.105. The third-order valence-corrected chi connectivity index (χ3v) is 3.76. The van der Waals surface area contributed by atoms with E-state index < -0.39 is 17.6 Å². The van der Waals surface area contributed by atoms with Crippen molar-refractivity contribution >= 4 is 23.2 Å². The predicted octanol–water partition coefficient (Wildman–Crippen LogP) is 4.80. The Morgan fingerprint density at radius 2 is 1.74 bits per heavy atom. The van der Waals surface area contributed by atoms with Crippen LogP contribution in [0.15, 0.2) is 60.9 Å². The number of alkyl halides is 3. The van der Waals surface area contributed by atoms with Crippen LogP contribution in [0.1, 0.15) is 21.5 Å². The Morgan fingerprint density at radius 3 is 2.44 bits per heavy atom. The standard InChI is InChI=1S/C19H15F3N4O/c1-12-6-7-13(10-16(12)26-18-23-8-3-9-24-18)17(27)25-15-5-2-4-14(11-15)19(20,21)22/h2-11H,1H3,(H,25,27)(H,23,24,26). The van der Waals surface area contributed by atoms with E-state index in [0.717, 1.165) is 17.7 Å². The lowest BCUT2D eigenvalue weighted by atomic mass is 10.1. The number of halogens is 3. The van der Waals surface area contributed by atoms with Crippen LogP contribution in [0, 0.1) is 6.92 Å². The SMILES string of the molecule is Cc1ccc(C(=O)Nc2cccc(C(F)(F)F)c2)cc1Nc1ncccn1. The molecule has 0 fully saturated rings. The molecule has 2 aromatic carbocycles. The zero-order valence-corrected chi connectivity index (χ0v) is 14.2. The van der Waals surface area contributed by atoms with Crippen molar-refractivity contribution in [1.82, 2.24) is 9.97 Å². The maximum atomic E-state index is 12.8. The Labute approximate surface area is 153 Å². The number of hydrogen-bond donors (Lipinski definition) is 2. The van der Waals surface area contributed by atoms with Crippen LogP contribution in [-0.4, -0.2) is 15.9 Å². The van der Waals surface area contributed by atoms with Crippen molar-refractivity contribution in [2.24, 2.45) is 0 Å². The first-order chi connectivity index (χ1) is 12.8. The Hall–Kier alpha value is -3.42. The van der Waals surface area contributed by atoms with E-state index in [1.807, 2.05) is 6.92 Å². The number of aryl methyl sites for hydroxylation is 1. The van der Waals surface area contributed by atoms with Gasteiger partial charge in [0.05, 0.1) is 5.56 Å². The van der Waals surface area contributed by atoms with Crippen LogP contribution >= 0.6 is 0 Å². The topological polar surface area (TPSA) is 66.9 Å². The summed E-state index contributed by atoms with van der Waals surface area (Å²) in [7, 11) is 0. The minimum Gasteiger partial charge on any atom is -0.324 e. The van der Waals surface area contributed by atoms with Crippen LogP contribution in [0.3, 0.4) is 0 Å². The van der Waals surface area contributed by atoms with Crippen molar-refractivity contribution in [2.75, 3.05) is 10.6 Å². The lowest BCUT2D eigenvalue weighted by Crippen LogP contribution is -2.13. The first-order valence-corrected chi connectivity index (χ1v) is 7.96. The molecule has 0 saturated carbocycles. The first-order valence-electron chi connectivity index (χ1n) is 7.96. The van der Waals surface area contributed by atoms with Gasteiger partial charge in [-0.2, -0.15) is 13.2 Å². The van der Waals surface area contributed by atoms with Gasteiger partial charge >= 0.3 is 6.18 Å². The number of aromatic nitrogens is 2. The Kier molecular flexibility index (Phi) is 5.07. The molecule has 1 aromatic heterocycles. The van der Waals surface area contributed by atoms with E-state index in [0.29, 0.717) is 11.6 Å². The van der Waals surface area contributed by atoms with E-state index in [1.165, 1.54) is 12.1 Å². The molecule has 138 valence electrons. The highest BCUT2D eigenvalue weighted by molar-refractivity contribution is 6.05. The number of carbonyl (C=O) groups excluding carboxylic acids is 1. The second kappa shape index (κ2) is 7.45. The second-order valence-corrected chi connectivity index (χ2v) is 5.76. The molecule has 2 N–H and O–H groups in total. The van der Waals surface area contributed by atoms with Crippen LogP contribution in [0.5, 0.6) is 0 Å². The number of amides is 1. The Morgan fingerprint density at radius 1 is 1.00 bits per heavy atom. The van der Waals surface area contributed by atoms with E-state index in [1.54, 1.807) is 36.7 Å². The lowest BCUT2D eigenvalue weighted by molar-refractivity contribution is -0.137. The number of anilines is 3. The molecular formula is C19H15F3N4O. The van der Waals surface area contributed by atoms with E-state index >= 15 is 0 Å². The van der Waals surface area contributed by atoms with Gasteiger partial charge in [-0.15, -0.1) is 0 Å². The molecule has 1 heterocycles. The van der Waals surface area contributed by atoms with Gasteiger partial charge in [-0.1, -0.05) is 12.1 Å². The normalized spacial score (nSPS) is 11.1. The molecule has 0 atom stereocenters. The summed E-state index contributed by atoms with van der Waals surface area (Å²) in [5.74, 6) is -0.151. The molecule has 0 spiro atoms. The van der Waals surface area contributed by atoms with Gasteiger partial charge in [-0.05, 0) is 48.9 Å². The fourth-order valence-electron chi connectivity index (χ4n) is 2.36. The maximum absolute atomic E-state index is 12.8.